The topological polar surface area (TPSA) is 68.1 Å². The van der Waals surface area contributed by atoms with E-state index >= 15 is 0 Å². The Morgan fingerprint density at radius 2 is 2.13 bits per heavy atom. The van der Waals surface area contributed by atoms with Crippen LogP contribution in [0, 0.1) is 5.82 Å². The number of nitrogens with one attached hydrogen (secondary N) is 1. The van der Waals surface area contributed by atoms with Crippen LogP contribution < -0.4 is 10.6 Å². The van der Waals surface area contributed by atoms with E-state index in [-0.39, 0.29) is 17.0 Å². The number of morpholine rings is 1. The summed E-state index contributed by atoms with van der Waals surface area (Å²) >= 11 is 3.32. The molecule has 0 amide bonds. The fourth-order valence-electron chi connectivity index (χ4n) is 3.84. The molecule has 2 aromatic heterocycles. The van der Waals surface area contributed by atoms with Crippen molar-refractivity contribution in [3.63, 3.8) is 0 Å². The average molecular weight is 478 g/mol. The lowest BCUT2D eigenvalue weighted by Crippen LogP contribution is -2.48. The molecule has 0 bridgehead atoms. The van der Waals surface area contributed by atoms with E-state index in [4.69, 9.17) is 4.74 Å². The average Bonchev–Trinajstić information content (AvgIpc) is 3.30. The molecule has 0 radical (unpaired) electrons. The summed E-state index contributed by atoms with van der Waals surface area (Å²) in [6, 6.07) is 3.48. The second-order valence-electron chi connectivity index (χ2n) is 8.10. The van der Waals surface area contributed by atoms with Crippen LogP contribution in [0.5, 0.6) is 0 Å². The van der Waals surface area contributed by atoms with Crippen LogP contribution in [0.25, 0.3) is 5.69 Å². The molecular weight excluding hydrogens is 453 g/mol. The van der Waals surface area contributed by atoms with Crippen molar-refractivity contribution < 1.29 is 9.13 Å². The zero-order valence-corrected chi connectivity index (χ0v) is 18.9. The standard InChI is InChI=1S/C21H25BrFN5O2/c1-4-17-14(11-24-25-17)12-26-5-6-28(20(26)29)18-10-15(9-16(22)19(18)23)27-7-8-30-21(2,3)13-27/h5-6,9-11H,4,7-8,12-13H2,1-3H3,(H,24,25). The number of ether oxygens (including phenoxy) is 1. The summed E-state index contributed by atoms with van der Waals surface area (Å²) in [4.78, 5) is 15.2. The molecule has 0 unspecified atom stereocenters. The lowest BCUT2D eigenvalue weighted by atomic mass is 10.1. The first-order valence-electron chi connectivity index (χ1n) is 9.96. The Kier molecular flexibility index (Phi) is 5.59. The van der Waals surface area contributed by atoms with E-state index in [2.05, 4.69) is 31.0 Å². The minimum atomic E-state index is -0.469. The Labute approximate surface area is 182 Å². The van der Waals surface area contributed by atoms with Crippen molar-refractivity contribution in [2.45, 2.75) is 39.3 Å². The summed E-state index contributed by atoms with van der Waals surface area (Å²) in [5, 5.41) is 7.00. The van der Waals surface area contributed by atoms with Crippen LogP contribution >= 0.6 is 15.9 Å². The maximum Gasteiger partial charge on any atom is 0.333 e. The van der Waals surface area contributed by atoms with Gasteiger partial charge in [-0.3, -0.25) is 14.2 Å². The summed E-state index contributed by atoms with van der Waals surface area (Å²) in [6.45, 7) is 8.45. The van der Waals surface area contributed by atoms with Crippen molar-refractivity contribution >= 4 is 21.6 Å². The van der Waals surface area contributed by atoms with Crippen LogP contribution in [0.1, 0.15) is 32.0 Å². The van der Waals surface area contributed by atoms with Crippen molar-refractivity contribution in [2.24, 2.45) is 0 Å². The SMILES string of the molecule is CCc1[nH]ncc1Cn1ccn(-c2cc(N3CCOC(C)(C)C3)cc(Br)c2F)c1=O. The molecule has 0 saturated carbocycles. The first-order valence-corrected chi connectivity index (χ1v) is 10.8. The van der Waals surface area contributed by atoms with Crippen LogP contribution in [0.15, 0.2) is 40.0 Å². The van der Waals surface area contributed by atoms with Crippen LogP contribution in [0.4, 0.5) is 10.1 Å². The Morgan fingerprint density at radius 3 is 2.87 bits per heavy atom. The number of aromatic amines is 1. The molecule has 3 aromatic rings. The van der Waals surface area contributed by atoms with Crippen molar-refractivity contribution in [1.29, 1.82) is 0 Å². The molecule has 3 heterocycles. The molecule has 1 fully saturated rings. The Balaban J connectivity index is 1.70. The second-order valence-corrected chi connectivity index (χ2v) is 8.95. The highest BCUT2D eigenvalue weighted by Gasteiger charge is 2.28. The maximum atomic E-state index is 15.0. The van der Waals surface area contributed by atoms with Gasteiger partial charge >= 0.3 is 5.69 Å². The van der Waals surface area contributed by atoms with Crippen molar-refractivity contribution in [1.82, 2.24) is 19.3 Å². The van der Waals surface area contributed by atoms with Crippen molar-refractivity contribution in [3.8, 4) is 5.69 Å². The van der Waals surface area contributed by atoms with Gasteiger partial charge in [0.15, 0.2) is 5.82 Å². The van der Waals surface area contributed by atoms with Gasteiger partial charge in [0.1, 0.15) is 0 Å². The molecular formula is C21H25BrFN5O2. The molecule has 7 nitrogen and oxygen atoms in total. The molecule has 30 heavy (non-hydrogen) atoms. The monoisotopic (exact) mass is 477 g/mol. The third kappa shape index (κ3) is 3.96. The van der Waals surface area contributed by atoms with Crippen LogP contribution in [0.3, 0.4) is 0 Å². The van der Waals surface area contributed by atoms with Gasteiger partial charge in [-0.1, -0.05) is 6.92 Å². The van der Waals surface area contributed by atoms with Gasteiger partial charge in [0.2, 0.25) is 0 Å². The number of hydrogen-bond acceptors (Lipinski definition) is 4. The largest absolute Gasteiger partial charge is 0.372 e. The first kappa shape index (κ1) is 20.9. The fraction of sp³-hybridized carbons (Fsp3) is 0.429. The lowest BCUT2D eigenvalue weighted by Gasteiger charge is -2.39. The fourth-order valence-corrected chi connectivity index (χ4v) is 4.27. The van der Waals surface area contributed by atoms with E-state index in [1.165, 1.54) is 4.57 Å². The molecule has 0 aliphatic carbocycles. The van der Waals surface area contributed by atoms with E-state index in [1.54, 1.807) is 35.3 Å². The molecule has 0 atom stereocenters. The van der Waals surface area contributed by atoms with E-state index in [1.807, 2.05) is 20.8 Å². The molecule has 1 saturated heterocycles. The van der Waals surface area contributed by atoms with Crippen LogP contribution in [-0.2, 0) is 17.7 Å². The summed E-state index contributed by atoms with van der Waals surface area (Å²) in [6.07, 6.45) is 5.80. The van der Waals surface area contributed by atoms with E-state index in [0.29, 0.717) is 30.7 Å². The first-order chi connectivity index (χ1) is 14.3. The Hall–Kier alpha value is -2.39. The molecule has 4 rings (SSSR count). The molecule has 1 aromatic carbocycles. The molecule has 9 heteroatoms. The molecule has 0 spiro atoms. The van der Waals surface area contributed by atoms with Gasteiger partial charge < -0.3 is 9.64 Å². The number of aryl methyl sites for hydroxylation is 1. The molecule has 1 N–H and O–H groups in total. The quantitative estimate of drug-likeness (QED) is 0.610. The second kappa shape index (κ2) is 8.03. The Morgan fingerprint density at radius 1 is 1.33 bits per heavy atom. The summed E-state index contributed by atoms with van der Waals surface area (Å²) in [7, 11) is 0. The highest BCUT2D eigenvalue weighted by molar-refractivity contribution is 9.10. The number of nitrogens with zero attached hydrogens (tertiary/aromatic N) is 4. The van der Waals surface area contributed by atoms with Gasteiger partial charge in [-0.15, -0.1) is 0 Å². The number of rotatable bonds is 5. The number of H-pyrrole nitrogens is 1. The van der Waals surface area contributed by atoms with Gasteiger partial charge in [0.05, 0.1) is 35.1 Å². The minimum absolute atomic E-state index is 0.218. The number of imidazole rings is 1. The van der Waals surface area contributed by atoms with Gasteiger partial charge in [-0.05, 0) is 48.3 Å². The molecule has 1 aliphatic rings. The van der Waals surface area contributed by atoms with Crippen molar-refractivity contribution in [2.75, 3.05) is 24.6 Å². The van der Waals surface area contributed by atoms with Gasteiger partial charge in [-0.25, -0.2) is 9.18 Å². The summed E-state index contributed by atoms with van der Waals surface area (Å²) in [5.41, 5.74) is 2.40. The predicted octanol–water partition coefficient (Wildman–Crippen LogP) is 3.49. The maximum absolute atomic E-state index is 15.0. The van der Waals surface area contributed by atoms with E-state index in [9.17, 15) is 9.18 Å². The third-order valence-corrected chi connectivity index (χ3v) is 5.97. The number of aromatic nitrogens is 4. The number of benzene rings is 1. The lowest BCUT2D eigenvalue weighted by molar-refractivity contribution is -0.0276. The minimum Gasteiger partial charge on any atom is -0.372 e. The number of anilines is 1. The third-order valence-electron chi connectivity index (χ3n) is 5.39. The predicted molar refractivity (Wildman–Crippen MR) is 117 cm³/mol. The van der Waals surface area contributed by atoms with Crippen LogP contribution in [0.2, 0.25) is 0 Å². The Bertz CT molecular complexity index is 1120. The van der Waals surface area contributed by atoms with Gasteiger partial charge in [-0.2, -0.15) is 5.10 Å². The van der Waals surface area contributed by atoms with Crippen molar-refractivity contribution in [3.05, 3.63) is 62.8 Å². The van der Waals surface area contributed by atoms with Gasteiger partial charge in [0.25, 0.3) is 0 Å². The number of hydrogen-bond donors (Lipinski definition) is 1. The zero-order chi connectivity index (χ0) is 21.5. The molecule has 1 aliphatic heterocycles. The highest BCUT2D eigenvalue weighted by Crippen LogP contribution is 2.31. The zero-order valence-electron chi connectivity index (χ0n) is 17.3. The smallest absolute Gasteiger partial charge is 0.333 e. The normalized spacial score (nSPS) is 16.2. The van der Waals surface area contributed by atoms with E-state index in [0.717, 1.165) is 23.4 Å². The number of halogens is 2. The summed E-state index contributed by atoms with van der Waals surface area (Å²) in [5.74, 6) is -0.469. The highest BCUT2D eigenvalue weighted by atomic mass is 79.9. The molecule has 160 valence electrons. The van der Waals surface area contributed by atoms with Crippen LogP contribution in [-0.4, -0.2) is 44.6 Å². The van der Waals surface area contributed by atoms with E-state index < -0.39 is 5.82 Å². The van der Waals surface area contributed by atoms with Gasteiger partial charge in [0, 0.05) is 42.4 Å². The summed E-state index contributed by atoms with van der Waals surface area (Å²) < 4.78 is 24.0.